The van der Waals surface area contributed by atoms with E-state index in [2.05, 4.69) is 0 Å². The quantitative estimate of drug-likeness (QED) is 0.765. The van der Waals surface area contributed by atoms with Crippen molar-refractivity contribution in [2.45, 2.75) is 6.42 Å². The van der Waals surface area contributed by atoms with E-state index in [4.69, 9.17) is 5.11 Å². The van der Waals surface area contributed by atoms with E-state index >= 15 is 0 Å². The van der Waals surface area contributed by atoms with Crippen molar-refractivity contribution in [3.63, 3.8) is 0 Å². The van der Waals surface area contributed by atoms with Crippen molar-refractivity contribution < 1.29 is 19.5 Å². The number of benzene rings is 1. The van der Waals surface area contributed by atoms with Crippen LogP contribution in [-0.2, 0) is 4.79 Å². The Labute approximate surface area is 92.2 Å². The van der Waals surface area contributed by atoms with Crippen molar-refractivity contribution in [3.8, 4) is 0 Å². The molecule has 0 heterocycles. The molecule has 0 amide bonds. The summed E-state index contributed by atoms with van der Waals surface area (Å²) >= 11 is 0. The number of hydrogen-bond donors (Lipinski definition) is 1. The Hall–Kier alpha value is -2.23. The van der Waals surface area contributed by atoms with Crippen LogP contribution >= 0.6 is 0 Å². The molecule has 0 radical (unpaired) electrons. The van der Waals surface area contributed by atoms with Crippen molar-refractivity contribution in [1.82, 2.24) is 0 Å². The Morgan fingerprint density at radius 1 is 1.06 bits per heavy atom. The lowest BCUT2D eigenvalue weighted by atomic mass is 10.1. The second-order valence-electron chi connectivity index (χ2n) is 3.17. The molecule has 0 aliphatic rings. The van der Waals surface area contributed by atoms with Gasteiger partial charge in [-0.1, -0.05) is 12.2 Å². The first-order chi connectivity index (χ1) is 7.65. The Bertz CT molecular complexity index is 420. The lowest BCUT2D eigenvalue weighted by molar-refractivity contribution is -0.135. The standard InChI is InChI=1S/C12H10O4/c13-7-10-4-9(2-1-3-12(15)16)5-11(6-10)8-14/h1-2,4-8H,3H2,(H,15,16). The van der Waals surface area contributed by atoms with Crippen LogP contribution in [0.15, 0.2) is 24.3 Å². The van der Waals surface area contributed by atoms with E-state index in [0.29, 0.717) is 29.3 Å². The van der Waals surface area contributed by atoms with Crippen molar-refractivity contribution in [2.75, 3.05) is 0 Å². The third kappa shape index (κ3) is 3.49. The fourth-order valence-electron chi connectivity index (χ4n) is 1.23. The van der Waals surface area contributed by atoms with Gasteiger partial charge in [-0.2, -0.15) is 0 Å². The molecule has 0 aromatic heterocycles. The number of carbonyl (C=O) groups excluding carboxylic acids is 2. The van der Waals surface area contributed by atoms with Crippen LogP contribution in [0, 0.1) is 0 Å². The van der Waals surface area contributed by atoms with Gasteiger partial charge in [0.05, 0.1) is 6.42 Å². The minimum absolute atomic E-state index is 0.0955. The molecule has 4 nitrogen and oxygen atoms in total. The van der Waals surface area contributed by atoms with Crippen LogP contribution < -0.4 is 0 Å². The summed E-state index contributed by atoms with van der Waals surface area (Å²) in [5.41, 5.74) is 1.41. The molecule has 1 aromatic rings. The van der Waals surface area contributed by atoms with Crippen molar-refractivity contribution >= 4 is 24.6 Å². The van der Waals surface area contributed by atoms with Gasteiger partial charge in [-0.15, -0.1) is 0 Å². The number of hydrogen-bond acceptors (Lipinski definition) is 3. The number of carbonyl (C=O) groups is 3. The molecule has 16 heavy (non-hydrogen) atoms. The highest BCUT2D eigenvalue weighted by Gasteiger charge is 1.98. The third-order valence-electron chi connectivity index (χ3n) is 1.87. The average molecular weight is 218 g/mol. The maximum absolute atomic E-state index is 10.6. The highest BCUT2D eigenvalue weighted by Crippen LogP contribution is 2.09. The minimum Gasteiger partial charge on any atom is -0.481 e. The van der Waals surface area contributed by atoms with Crippen LogP contribution in [0.25, 0.3) is 6.08 Å². The van der Waals surface area contributed by atoms with Gasteiger partial charge < -0.3 is 5.11 Å². The number of carboxylic acid groups (broad SMARTS) is 1. The Morgan fingerprint density at radius 3 is 2.00 bits per heavy atom. The molecule has 0 fully saturated rings. The molecule has 0 atom stereocenters. The molecule has 0 bridgehead atoms. The zero-order valence-electron chi connectivity index (χ0n) is 8.42. The molecule has 1 N–H and O–H groups in total. The molecule has 82 valence electrons. The molecule has 0 saturated heterocycles. The van der Waals surface area contributed by atoms with Crippen LogP contribution in [0.2, 0.25) is 0 Å². The zero-order chi connectivity index (χ0) is 12.0. The van der Waals surface area contributed by atoms with Gasteiger partial charge in [0.15, 0.2) is 0 Å². The Balaban J connectivity index is 2.94. The number of aliphatic carboxylic acids is 1. The second-order valence-corrected chi connectivity index (χ2v) is 3.17. The van der Waals surface area contributed by atoms with Crippen LogP contribution in [-0.4, -0.2) is 23.6 Å². The average Bonchev–Trinajstić information content (AvgIpc) is 2.28. The maximum atomic E-state index is 10.6. The lowest BCUT2D eigenvalue weighted by Crippen LogP contribution is -1.90. The SMILES string of the molecule is O=Cc1cc(C=O)cc(C=CCC(=O)O)c1. The highest BCUT2D eigenvalue weighted by molar-refractivity contribution is 5.84. The highest BCUT2D eigenvalue weighted by atomic mass is 16.4. The maximum Gasteiger partial charge on any atom is 0.307 e. The summed E-state index contributed by atoms with van der Waals surface area (Å²) in [6.07, 6.45) is 4.21. The fourth-order valence-corrected chi connectivity index (χ4v) is 1.23. The predicted octanol–water partition coefficient (Wildman–Crippen LogP) is 1.80. The first-order valence-electron chi connectivity index (χ1n) is 4.59. The van der Waals surface area contributed by atoms with Crippen molar-refractivity contribution in [1.29, 1.82) is 0 Å². The van der Waals surface area contributed by atoms with Crippen molar-refractivity contribution in [2.24, 2.45) is 0 Å². The van der Waals surface area contributed by atoms with Gasteiger partial charge in [-0.05, 0) is 23.8 Å². The molecule has 0 aliphatic heterocycles. The first-order valence-corrected chi connectivity index (χ1v) is 4.59. The summed E-state index contributed by atoms with van der Waals surface area (Å²) in [7, 11) is 0. The van der Waals surface area contributed by atoms with Crippen LogP contribution in [0.3, 0.4) is 0 Å². The number of carboxylic acids is 1. The smallest absolute Gasteiger partial charge is 0.307 e. The van der Waals surface area contributed by atoms with Gasteiger partial charge in [0.1, 0.15) is 12.6 Å². The molecular weight excluding hydrogens is 208 g/mol. The summed E-state index contributed by atoms with van der Waals surface area (Å²) in [6, 6.07) is 4.63. The van der Waals surface area contributed by atoms with Gasteiger partial charge >= 0.3 is 5.97 Å². The largest absolute Gasteiger partial charge is 0.481 e. The van der Waals surface area contributed by atoms with Gasteiger partial charge in [-0.3, -0.25) is 14.4 Å². The first kappa shape index (κ1) is 11.8. The number of aldehydes is 2. The minimum atomic E-state index is -0.932. The van der Waals surface area contributed by atoms with E-state index in [9.17, 15) is 14.4 Å². The zero-order valence-corrected chi connectivity index (χ0v) is 8.42. The molecular formula is C12H10O4. The lowest BCUT2D eigenvalue weighted by Gasteiger charge is -1.97. The van der Waals surface area contributed by atoms with E-state index in [1.54, 1.807) is 18.2 Å². The molecule has 0 saturated carbocycles. The van der Waals surface area contributed by atoms with E-state index in [1.165, 1.54) is 12.1 Å². The second kappa shape index (κ2) is 5.60. The third-order valence-corrected chi connectivity index (χ3v) is 1.87. The molecule has 1 aromatic carbocycles. The van der Waals surface area contributed by atoms with E-state index < -0.39 is 5.97 Å². The Kier molecular flexibility index (Phi) is 4.15. The van der Waals surface area contributed by atoms with Crippen LogP contribution in [0.5, 0.6) is 0 Å². The normalized spacial score (nSPS) is 10.2. The van der Waals surface area contributed by atoms with E-state index in [0.717, 1.165) is 0 Å². The summed E-state index contributed by atoms with van der Waals surface area (Å²) in [5.74, 6) is -0.932. The van der Waals surface area contributed by atoms with Gasteiger partial charge in [0.25, 0.3) is 0 Å². The number of rotatable bonds is 5. The van der Waals surface area contributed by atoms with Gasteiger partial charge in [0.2, 0.25) is 0 Å². The van der Waals surface area contributed by atoms with Crippen LogP contribution in [0.4, 0.5) is 0 Å². The Morgan fingerprint density at radius 2 is 1.56 bits per heavy atom. The summed E-state index contributed by atoms with van der Waals surface area (Å²) < 4.78 is 0. The van der Waals surface area contributed by atoms with Gasteiger partial charge in [-0.25, -0.2) is 0 Å². The molecule has 0 unspecified atom stereocenters. The summed E-state index contributed by atoms with van der Waals surface area (Å²) in [4.78, 5) is 31.4. The summed E-state index contributed by atoms with van der Waals surface area (Å²) in [6.45, 7) is 0. The fraction of sp³-hybridized carbons (Fsp3) is 0.0833. The van der Waals surface area contributed by atoms with Gasteiger partial charge in [0, 0.05) is 11.1 Å². The topological polar surface area (TPSA) is 71.4 Å². The van der Waals surface area contributed by atoms with E-state index in [1.807, 2.05) is 0 Å². The molecule has 1 rings (SSSR count). The molecule has 0 aliphatic carbocycles. The monoisotopic (exact) mass is 218 g/mol. The van der Waals surface area contributed by atoms with Crippen LogP contribution in [0.1, 0.15) is 32.7 Å². The van der Waals surface area contributed by atoms with E-state index in [-0.39, 0.29) is 6.42 Å². The van der Waals surface area contributed by atoms with Crippen molar-refractivity contribution in [3.05, 3.63) is 41.0 Å². The predicted molar refractivity (Wildman–Crippen MR) is 58.5 cm³/mol. The summed E-state index contributed by atoms with van der Waals surface area (Å²) in [5, 5.41) is 8.43. The molecule has 4 heteroatoms. The molecule has 0 spiro atoms.